The number of aryl methyl sites for hydroxylation is 2. The maximum atomic E-state index is 6.10. The van der Waals surface area contributed by atoms with Crippen LogP contribution in [-0.2, 0) is 12.8 Å². The highest BCUT2D eigenvalue weighted by Gasteiger charge is 2.25. The van der Waals surface area contributed by atoms with E-state index < -0.39 is 0 Å². The predicted octanol–water partition coefficient (Wildman–Crippen LogP) is 3.91. The smallest absolute Gasteiger partial charge is 0.227 e. The lowest BCUT2D eigenvalue weighted by Crippen LogP contribution is -2.04. The monoisotopic (exact) mass is 326 g/mol. The number of hydrogen-bond acceptors (Lipinski definition) is 4. The first-order valence-corrected chi connectivity index (χ1v) is 7.93. The molecule has 0 unspecified atom stereocenters. The first-order valence-electron chi connectivity index (χ1n) is 7.55. The number of ether oxygens (including phenoxy) is 1. The molecule has 1 aliphatic carbocycles. The van der Waals surface area contributed by atoms with Crippen molar-refractivity contribution < 1.29 is 4.74 Å². The Bertz CT molecular complexity index is 875. The molecule has 3 aromatic heterocycles. The van der Waals surface area contributed by atoms with E-state index in [1.54, 1.807) is 23.0 Å². The molecule has 6 heteroatoms. The summed E-state index contributed by atoms with van der Waals surface area (Å²) in [5.74, 6) is 2.13. The molecule has 0 saturated carbocycles. The van der Waals surface area contributed by atoms with E-state index in [0.717, 1.165) is 47.9 Å². The number of rotatable bonds is 3. The molecule has 0 atom stereocenters. The van der Waals surface area contributed by atoms with Gasteiger partial charge >= 0.3 is 0 Å². The fourth-order valence-electron chi connectivity index (χ4n) is 2.83. The molecule has 23 heavy (non-hydrogen) atoms. The quantitative estimate of drug-likeness (QED) is 0.685. The standard InChI is InChI=1S/C17H15ClN4O/c1-11-4-2-7-16(20-11)22-17(13-5-3-6-14(13)21-22)23-12-8-9-19-15(18)10-12/h2,4,7-10H,3,5-6H2,1H3. The van der Waals surface area contributed by atoms with Crippen LogP contribution in [0.15, 0.2) is 36.5 Å². The zero-order chi connectivity index (χ0) is 15.8. The average molecular weight is 327 g/mol. The molecule has 3 aromatic rings. The summed E-state index contributed by atoms with van der Waals surface area (Å²) in [6.07, 6.45) is 4.67. The van der Waals surface area contributed by atoms with Gasteiger partial charge < -0.3 is 4.74 Å². The molecule has 0 N–H and O–H groups in total. The first-order chi connectivity index (χ1) is 11.2. The zero-order valence-corrected chi connectivity index (χ0v) is 13.4. The maximum Gasteiger partial charge on any atom is 0.227 e. The molecular weight excluding hydrogens is 312 g/mol. The Morgan fingerprint density at radius 2 is 2.13 bits per heavy atom. The van der Waals surface area contributed by atoms with E-state index in [4.69, 9.17) is 21.4 Å². The van der Waals surface area contributed by atoms with Gasteiger partial charge in [0, 0.05) is 23.5 Å². The Kier molecular flexibility index (Phi) is 3.50. The molecule has 3 heterocycles. The number of halogens is 1. The van der Waals surface area contributed by atoms with E-state index in [0.29, 0.717) is 10.9 Å². The van der Waals surface area contributed by atoms with Gasteiger partial charge in [-0.15, -0.1) is 0 Å². The first kappa shape index (κ1) is 14.2. The van der Waals surface area contributed by atoms with Gasteiger partial charge in [-0.2, -0.15) is 9.78 Å². The van der Waals surface area contributed by atoms with Gasteiger partial charge in [0.05, 0.1) is 5.69 Å². The Labute approximate surface area is 138 Å². The number of aromatic nitrogens is 4. The van der Waals surface area contributed by atoms with Crippen molar-refractivity contribution >= 4 is 11.6 Å². The summed E-state index contributed by atoms with van der Waals surface area (Å²) in [7, 11) is 0. The predicted molar refractivity (Wildman–Crippen MR) is 87.4 cm³/mol. The highest BCUT2D eigenvalue weighted by atomic mass is 35.5. The summed E-state index contributed by atoms with van der Waals surface area (Å²) < 4.78 is 7.89. The van der Waals surface area contributed by atoms with Gasteiger partial charge in [0.25, 0.3) is 0 Å². The van der Waals surface area contributed by atoms with Crippen LogP contribution in [-0.4, -0.2) is 19.7 Å². The molecule has 0 spiro atoms. The van der Waals surface area contributed by atoms with Crippen LogP contribution in [0.5, 0.6) is 11.6 Å². The molecule has 116 valence electrons. The highest BCUT2D eigenvalue weighted by molar-refractivity contribution is 6.29. The average Bonchev–Trinajstić information content (AvgIpc) is 3.10. The van der Waals surface area contributed by atoms with Gasteiger partial charge in [0.1, 0.15) is 10.9 Å². The summed E-state index contributed by atoms with van der Waals surface area (Å²) in [4.78, 5) is 8.54. The van der Waals surface area contributed by atoms with Crippen LogP contribution < -0.4 is 4.74 Å². The van der Waals surface area contributed by atoms with Gasteiger partial charge in [-0.25, -0.2) is 9.97 Å². The van der Waals surface area contributed by atoms with Crippen molar-refractivity contribution in [2.75, 3.05) is 0 Å². The summed E-state index contributed by atoms with van der Waals surface area (Å²) in [6, 6.07) is 9.35. The van der Waals surface area contributed by atoms with Crippen molar-refractivity contribution in [1.82, 2.24) is 19.7 Å². The minimum absolute atomic E-state index is 0.402. The van der Waals surface area contributed by atoms with E-state index in [1.807, 2.05) is 25.1 Å². The van der Waals surface area contributed by atoms with Gasteiger partial charge in [-0.05, 0) is 44.4 Å². The summed E-state index contributed by atoms with van der Waals surface area (Å²) in [5.41, 5.74) is 3.18. The number of hydrogen-bond donors (Lipinski definition) is 0. The van der Waals surface area contributed by atoms with Crippen LogP contribution in [0.3, 0.4) is 0 Å². The third kappa shape index (κ3) is 2.68. The van der Waals surface area contributed by atoms with Gasteiger partial charge in [-0.3, -0.25) is 0 Å². The Balaban J connectivity index is 1.81. The topological polar surface area (TPSA) is 52.8 Å². The highest BCUT2D eigenvalue weighted by Crippen LogP contribution is 2.35. The molecule has 1 aliphatic rings. The van der Waals surface area contributed by atoms with E-state index in [2.05, 4.69) is 9.97 Å². The zero-order valence-electron chi connectivity index (χ0n) is 12.7. The molecule has 0 fully saturated rings. The molecule has 0 bridgehead atoms. The maximum absolute atomic E-state index is 6.10. The van der Waals surface area contributed by atoms with Crippen LogP contribution >= 0.6 is 11.6 Å². The Morgan fingerprint density at radius 3 is 2.96 bits per heavy atom. The van der Waals surface area contributed by atoms with Crippen molar-refractivity contribution in [3.63, 3.8) is 0 Å². The van der Waals surface area contributed by atoms with Crippen LogP contribution in [0.25, 0.3) is 5.82 Å². The fourth-order valence-corrected chi connectivity index (χ4v) is 2.99. The summed E-state index contributed by atoms with van der Waals surface area (Å²) in [6.45, 7) is 1.96. The minimum Gasteiger partial charge on any atom is -0.438 e. The molecule has 4 rings (SSSR count). The third-order valence-corrected chi connectivity index (χ3v) is 4.07. The van der Waals surface area contributed by atoms with Crippen molar-refractivity contribution in [2.45, 2.75) is 26.2 Å². The van der Waals surface area contributed by atoms with Gasteiger partial charge in [-0.1, -0.05) is 17.7 Å². The summed E-state index contributed by atoms with van der Waals surface area (Å²) >= 11 is 5.95. The molecule has 0 radical (unpaired) electrons. The van der Waals surface area contributed by atoms with Crippen LogP contribution in [0.4, 0.5) is 0 Å². The van der Waals surface area contributed by atoms with Gasteiger partial charge in [0.2, 0.25) is 5.88 Å². The largest absolute Gasteiger partial charge is 0.438 e. The van der Waals surface area contributed by atoms with E-state index in [9.17, 15) is 0 Å². The second kappa shape index (κ2) is 5.66. The Hall–Kier alpha value is -2.40. The van der Waals surface area contributed by atoms with Crippen LogP contribution in [0.2, 0.25) is 5.15 Å². The second-order valence-electron chi connectivity index (χ2n) is 5.55. The van der Waals surface area contributed by atoms with Crippen molar-refractivity contribution in [1.29, 1.82) is 0 Å². The Morgan fingerprint density at radius 1 is 1.22 bits per heavy atom. The second-order valence-corrected chi connectivity index (χ2v) is 5.94. The molecule has 0 aromatic carbocycles. The van der Waals surface area contributed by atoms with Crippen molar-refractivity contribution in [3.05, 3.63) is 58.6 Å². The van der Waals surface area contributed by atoms with E-state index in [1.165, 1.54) is 0 Å². The van der Waals surface area contributed by atoms with E-state index >= 15 is 0 Å². The molecule has 0 saturated heterocycles. The molecule has 0 aliphatic heterocycles. The number of nitrogens with zero attached hydrogens (tertiary/aromatic N) is 4. The molecule has 0 amide bonds. The number of fused-ring (bicyclic) bond motifs is 1. The fraction of sp³-hybridized carbons (Fsp3) is 0.235. The van der Waals surface area contributed by atoms with Crippen LogP contribution in [0.1, 0.15) is 23.4 Å². The minimum atomic E-state index is 0.402. The third-order valence-electron chi connectivity index (χ3n) is 3.86. The number of pyridine rings is 2. The van der Waals surface area contributed by atoms with Crippen molar-refractivity contribution in [2.24, 2.45) is 0 Å². The molecular formula is C17H15ClN4O. The lowest BCUT2D eigenvalue weighted by Gasteiger charge is -2.10. The molecule has 5 nitrogen and oxygen atoms in total. The van der Waals surface area contributed by atoms with Crippen LogP contribution in [0, 0.1) is 6.92 Å². The van der Waals surface area contributed by atoms with E-state index in [-0.39, 0.29) is 0 Å². The lowest BCUT2D eigenvalue weighted by molar-refractivity contribution is 0.436. The summed E-state index contributed by atoms with van der Waals surface area (Å²) in [5, 5.41) is 5.10. The lowest BCUT2D eigenvalue weighted by atomic mass is 10.3. The van der Waals surface area contributed by atoms with Crippen molar-refractivity contribution in [3.8, 4) is 17.4 Å². The SMILES string of the molecule is Cc1cccc(-n2nc3c(c2Oc2ccnc(Cl)c2)CCC3)n1. The normalized spacial score (nSPS) is 13.1. The van der Waals surface area contributed by atoms with Gasteiger partial charge in [0.15, 0.2) is 5.82 Å².